The lowest BCUT2D eigenvalue weighted by molar-refractivity contribution is 0.395. The van der Waals surface area contributed by atoms with Crippen molar-refractivity contribution >= 4 is 5.69 Å². The quantitative estimate of drug-likeness (QED) is 0.604. The molecule has 0 saturated heterocycles. The molecule has 0 bridgehead atoms. The van der Waals surface area contributed by atoms with Gasteiger partial charge in [-0.05, 0) is 0 Å². The van der Waals surface area contributed by atoms with Crippen LogP contribution in [0.15, 0.2) is 10.9 Å². The average Bonchev–Trinajstić information content (AvgIpc) is 2.03. The van der Waals surface area contributed by atoms with E-state index in [0.29, 0.717) is 0 Å². The number of anilines is 1. The highest BCUT2D eigenvalue weighted by Gasteiger charge is 2.07. The van der Waals surface area contributed by atoms with Crippen LogP contribution >= 0.6 is 0 Å². The maximum atomic E-state index is 10.8. The van der Waals surface area contributed by atoms with Crippen molar-refractivity contribution in [2.24, 2.45) is 0 Å². The fourth-order valence-corrected chi connectivity index (χ4v) is 0.823. The zero-order valence-corrected chi connectivity index (χ0v) is 6.42. The van der Waals surface area contributed by atoms with Crippen LogP contribution in [0, 0.1) is 11.3 Å². The van der Waals surface area contributed by atoms with Crippen molar-refractivity contribution in [2.75, 3.05) is 12.8 Å². The number of nitrogen functional groups attached to an aromatic ring is 1. The second-order valence-corrected chi connectivity index (χ2v) is 2.11. The number of ether oxygens (including phenoxy) is 1. The summed E-state index contributed by atoms with van der Waals surface area (Å²) in [5.41, 5.74) is 5.27. The first-order valence-electron chi connectivity index (χ1n) is 3.16. The van der Waals surface area contributed by atoms with E-state index in [1.165, 1.54) is 7.11 Å². The Morgan fingerprint density at radius 2 is 2.42 bits per heavy atom. The van der Waals surface area contributed by atoms with Gasteiger partial charge in [0, 0.05) is 6.07 Å². The van der Waals surface area contributed by atoms with Gasteiger partial charge in [0.1, 0.15) is 11.6 Å². The summed E-state index contributed by atoms with van der Waals surface area (Å²) in [7, 11) is 1.35. The van der Waals surface area contributed by atoms with E-state index < -0.39 is 0 Å². The number of methoxy groups -OCH3 is 1. The van der Waals surface area contributed by atoms with Gasteiger partial charge in [-0.2, -0.15) is 5.26 Å². The highest BCUT2D eigenvalue weighted by molar-refractivity contribution is 5.57. The summed E-state index contributed by atoms with van der Waals surface area (Å²) in [6, 6.07) is 2.96. The molecule has 0 aliphatic heterocycles. The van der Waals surface area contributed by atoms with Crippen molar-refractivity contribution in [1.29, 1.82) is 5.26 Å². The molecule has 0 atom stereocenters. The van der Waals surface area contributed by atoms with E-state index in [4.69, 9.17) is 15.7 Å². The molecule has 1 aromatic heterocycles. The Morgan fingerprint density at radius 1 is 1.75 bits per heavy atom. The predicted molar refractivity (Wildman–Crippen MR) is 42.7 cm³/mol. The Kier molecular flexibility index (Phi) is 2.01. The number of nitrogens with one attached hydrogen (secondary N) is 1. The van der Waals surface area contributed by atoms with Gasteiger partial charge in [0.05, 0.1) is 12.8 Å². The molecule has 0 aromatic carbocycles. The topological polar surface area (TPSA) is 91.9 Å². The largest absolute Gasteiger partial charge is 0.481 e. The van der Waals surface area contributed by atoms with Crippen LogP contribution in [-0.4, -0.2) is 12.1 Å². The lowest BCUT2D eigenvalue weighted by atomic mass is 10.2. The maximum Gasteiger partial charge on any atom is 0.252 e. The number of pyridine rings is 1. The Hall–Kier alpha value is -1.96. The monoisotopic (exact) mass is 165 g/mol. The minimum atomic E-state index is -0.386. The van der Waals surface area contributed by atoms with Crippen LogP contribution in [0.4, 0.5) is 5.69 Å². The van der Waals surface area contributed by atoms with Gasteiger partial charge in [-0.25, -0.2) is 0 Å². The SMILES string of the molecule is COc1[nH]c(=O)cc(N)c1C#N. The number of rotatable bonds is 1. The normalized spacial score (nSPS) is 9.00. The zero-order chi connectivity index (χ0) is 9.14. The smallest absolute Gasteiger partial charge is 0.252 e. The van der Waals surface area contributed by atoms with Gasteiger partial charge in [-0.15, -0.1) is 0 Å². The van der Waals surface area contributed by atoms with E-state index >= 15 is 0 Å². The molecule has 0 fully saturated rings. The first kappa shape index (κ1) is 8.14. The van der Waals surface area contributed by atoms with Crippen LogP contribution in [-0.2, 0) is 0 Å². The summed E-state index contributed by atoms with van der Waals surface area (Å²) in [6.07, 6.45) is 0. The summed E-state index contributed by atoms with van der Waals surface area (Å²) < 4.78 is 4.74. The molecule has 0 spiro atoms. The summed E-state index contributed by atoms with van der Waals surface area (Å²) in [5.74, 6) is 0.0995. The van der Waals surface area contributed by atoms with Crippen LogP contribution in [0.5, 0.6) is 5.88 Å². The van der Waals surface area contributed by atoms with E-state index in [2.05, 4.69) is 4.98 Å². The molecule has 1 rings (SSSR count). The Bertz CT molecular complexity index is 389. The molecular formula is C7H7N3O2. The zero-order valence-electron chi connectivity index (χ0n) is 6.42. The Labute approximate surface area is 68.4 Å². The summed E-state index contributed by atoms with van der Waals surface area (Å²) >= 11 is 0. The lowest BCUT2D eigenvalue weighted by Gasteiger charge is -2.02. The molecule has 1 heterocycles. The number of aromatic amines is 1. The van der Waals surface area contributed by atoms with E-state index in [0.717, 1.165) is 6.07 Å². The summed E-state index contributed by atoms with van der Waals surface area (Å²) in [6.45, 7) is 0. The van der Waals surface area contributed by atoms with Crippen molar-refractivity contribution in [1.82, 2.24) is 4.98 Å². The van der Waals surface area contributed by atoms with Crippen molar-refractivity contribution in [3.8, 4) is 11.9 Å². The predicted octanol–water partition coefficient (Wildman–Crippen LogP) is -0.163. The van der Waals surface area contributed by atoms with Crippen LogP contribution in [0.2, 0.25) is 0 Å². The van der Waals surface area contributed by atoms with Crippen molar-refractivity contribution in [3.63, 3.8) is 0 Å². The van der Waals surface area contributed by atoms with Gasteiger partial charge in [-0.3, -0.25) is 9.78 Å². The van der Waals surface area contributed by atoms with Gasteiger partial charge in [-0.1, -0.05) is 0 Å². The summed E-state index contributed by atoms with van der Waals surface area (Å²) in [5, 5.41) is 8.59. The van der Waals surface area contributed by atoms with Gasteiger partial charge in [0.15, 0.2) is 0 Å². The Balaban J connectivity index is 3.47. The molecule has 0 aliphatic rings. The van der Waals surface area contributed by atoms with Crippen molar-refractivity contribution < 1.29 is 4.74 Å². The maximum absolute atomic E-state index is 10.8. The van der Waals surface area contributed by atoms with Crippen molar-refractivity contribution in [2.45, 2.75) is 0 Å². The molecule has 0 amide bonds. The highest BCUT2D eigenvalue weighted by atomic mass is 16.5. The first-order valence-corrected chi connectivity index (χ1v) is 3.16. The molecule has 5 nitrogen and oxygen atoms in total. The molecule has 5 heteroatoms. The second kappa shape index (κ2) is 2.96. The number of nitrogens with two attached hydrogens (primary N) is 1. The van der Waals surface area contributed by atoms with Gasteiger partial charge >= 0.3 is 0 Å². The van der Waals surface area contributed by atoms with E-state index in [9.17, 15) is 4.79 Å². The molecule has 0 saturated carbocycles. The third kappa shape index (κ3) is 1.22. The van der Waals surface area contributed by atoms with Crippen LogP contribution in [0.3, 0.4) is 0 Å². The number of hydrogen-bond donors (Lipinski definition) is 2. The van der Waals surface area contributed by atoms with E-state index in [-0.39, 0.29) is 22.7 Å². The van der Waals surface area contributed by atoms with Gasteiger partial charge in [0.2, 0.25) is 5.88 Å². The second-order valence-electron chi connectivity index (χ2n) is 2.11. The fraction of sp³-hybridized carbons (Fsp3) is 0.143. The fourth-order valence-electron chi connectivity index (χ4n) is 0.823. The molecule has 62 valence electrons. The molecular weight excluding hydrogens is 158 g/mol. The third-order valence-electron chi connectivity index (χ3n) is 1.35. The number of hydrogen-bond acceptors (Lipinski definition) is 4. The highest BCUT2D eigenvalue weighted by Crippen LogP contribution is 2.16. The first-order chi connectivity index (χ1) is 5.69. The molecule has 0 radical (unpaired) electrons. The minimum absolute atomic E-state index is 0.0995. The lowest BCUT2D eigenvalue weighted by Crippen LogP contribution is -2.10. The third-order valence-corrected chi connectivity index (χ3v) is 1.35. The molecule has 12 heavy (non-hydrogen) atoms. The number of aromatic nitrogens is 1. The summed E-state index contributed by atoms with van der Waals surface area (Å²) in [4.78, 5) is 13.2. The van der Waals surface area contributed by atoms with Gasteiger partial charge in [0.25, 0.3) is 5.56 Å². The molecule has 3 N–H and O–H groups in total. The van der Waals surface area contributed by atoms with Crippen molar-refractivity contribution in [3.05, 3.63) is 22.0 Å². The standard InChI is InChI=1S/C7H7N3O2/c1-12-7-4(3-8)5(9)2-6(11)10-7/h2H,1H3,(H3,9,10,11). The molecule has 0 aliphatic carbocycles. The number of H-pyrrole nitrogens is 1. The van der Waals surface area contributed by atoms with Crippen LogP contribution < -0.4 is 16.0 Å². The van der Waals surface area contributed by atoms with E-state index in [1.54, 1.807) is 0 Å². The average molecular weight is 165 g/mol. The number of nitrogens with zero attached hydrogens (tertiary/aromatic N) is 1. The van der Waals surface area contributed by atoms with Crippen LogP contribution in [0.25, 0.3) is 0 Å². The van der Waals surface area contributed by atoms with E-state index in [1.807, 2.05) is 6.07 Å². The minimum Gasteiger partial charge on any atom is -0.481 e. The number of nitriles is 1. The van der Waals surface area contributed by atoms with Crippen LogP contribution in [0.1, 0.15) is 5.56 Å². The Morgan fingerprint density at radius 3 is 2.92 bits per heavy atom. The molecule has 1 aromatic rings. The molecule has 0 unspecified atom stereocenters. The van der Waals surface area contributed by atoms with Gasteiger partial charge < -0.3 is 10.5 Å².